The Balaban J connectivity index is 0.00000196. The van der Waals surface area contributed by atoms with E-state index in [0.717, 1.165) is 43.6 Å². The molecule has 1 amide bonds. The number of halogens is 1. The number of nitrogens with zero attached hydrogens (tertiary/aromatic N) is 2. The molecule has 0 radical (unpaired) electrons. The molecule has 1 N–H and O–H groups in total. The lowest BCUT2D eigenvalue weighted by molar-refractivity contribution is -0.116. The summed E-state index contributed by atoms with van der Waals surface area (Å²) in [6.45, 7) is 5.16. The summed E-state index contributed by atoms with van der Waals surface area (Å²) in [5.74, 6) is -0.00139. The van der Waals surface area contributed by atoms with Crippen LogP contribution in [0.3, 0.4) is 0 Å². The fourth-order valence-electron chi connectivity index (χ4n) is 4.70. The van der Waals surface area contributed by atoms with Crippen LogP contribution in [0.5, 0.6) is 0 Å². The molecular weight excluding hydrogens is 374 g/mol. The first-order chi connectivity index (χ1) is 11.9. The summed E-state index contributed by atoms with van der Waals surface area (Å²) >= 11 is 0. The molecule has 3 aliphatic heterocycles. The van der Waals surface area contributed by atoms with Crippen molar-refractivity contribution in [1.29, 1.82) is 0 Å². The molecule has 8 heteroatoms. The average Bonchev–Trinajstić information content (AvgIpc) is 3.01. The number of benzene rings is 1. The van der Waals surface area contributed by atoms with Crippen LogP contribution in [0, 0.1) is 0 Å². The lowest BCUT2D eigenvalue weighted by Gasteiger charge is -2.27. The normalized spacial score (nSPS) is 28.4. The summed E-state index contributed by atoms with van der Waals surface area (Å²) in [6.07, 6.45) is 3.45. The minimum Gasteiger partial charge on any atom is -0.315 e. The van der Waals surface area contributed by atoms with E-state index in [9.17, 15) is 13.2 Å². The zero-order valence-corrected chi connectivity index (χ0v) is 16.8. The zero-order chi connectivity index (χ0) is 17.8. The summed E-state index contributed by atoms with van der Waals surface area (Å²) < 4.78 is 28.4. The molecule has 2 bridgehead atoms. The van der Waals surface area contributed by atoms with Gasteiger partial charge in [-0.3, -0.25) is 4.79 Å². The maximum atomic E-state index is 13.3. The smallest absolute Gasteiger partial charge is 0.243 e. The number of sulfonamides is 1. The van der Waals surface area contributed by atoms with E-state index in [1.165, 1.54) is 0 Å². The zero-order valence-electron chi connectivity index (χ0n) is 15.1. The summed E-state index contributed by atoms with van der Waals surface area (Å²) in [4.78, 5) is 14.0. The fraction of sp³-hybridized carbons (Fsp3) is 0.611. The van der Waals surface area contributed by atoms with Gasteiger partial charge in [0, 0.05) is 37.3 Å². The largest absolute Gasteiger partial charge is 0.315 e. The fourth-order valence-corrected chi connectivity index (χ4v) is 6.65. The van der Waals surface area contributed by atoms with E-state index in [4.69, 9.17) is 0 Å². The van der Waals surface area contributed by atoms with Gasteiger partial charge in [0.15, 0.2) is 0 Å². The van der Waals surface area contributed by atoms with Crippen LogP contribution < -0.4 is 10.2 Å². The van der Waals surface area contributed by atoms with Crippen molar-refractivity contribution in [3.63, 3.8) is 0 Å². The quantitative estimate of drug-likeness (QED) is 0.824. The number of fused-ring (bicyclic) bond motifs is 3. The number of hydrogen-bond acceptors (Lipinski definition) is 4. The number of carbonyl (C=O) groups excluding carboxylic acids is 1. The molecule has 0 saturated carbocycles. The number of hydrogen-bond donors (Lipinski definition) is 1. The highest BCUT2D eigenvalue weighted by atomic mass is 35.5. The first kappa shape index (κ1) is 19.6. The highest BCUT2D eigenvalue weighted by molar-refractivity contribution is 7.89. The van der Waals surface area contributed by atoms with Crippen molar-refractivity contribution in [1.82, 2.24) is 9.62 Å². The van der Waals surface area contributed by atoms with Crippen molar-refractivity contribution in [3.8, 4) is 0 Å². The van der Waals surface area contributed by atoms with Gasteiger partial charge in [-0.25, -0.2) is 8.42 Å². The molecule has 2 saturated heterocycles. The molecule has 6 nitrogen and oxygen atoms in total. The minimum atomic E-state index is -3.51. The third kappa shape index (κ3) is 3.05. The molecule has 0 spiro atoms. The predicted molar refractivity (Wildman–Crippen MR) is 103 cm³/mol. The molecule has 4 rings (SSSR count). The average molecular weight is 400 g/mol. The summed E-state index contributed by atoms with van der Waals surface area (Å²) in [6, 6.07) is 5.47. The number of nitrogens with one attached hydrogen (secondary N) is 1. The highest BCUT2D eigenvalue weighted by Gasteiger charge is 2.43. The molecular formula is C18H26ClN3O3S. The van der Waals surface area contributed by atoms with Gasteiger partial charge in [-0.05, 0) is 62.9 Å². The third-order valence-corrected chi connectivity index (χ3v) is 7.77. The lowest BCUT2D eigenvalue weighted by atomic mass is 10.1. The van der Waals surface area contributed by atoms with Crippen molar-refractivity contribution in [2.75, 3.05) is 18.0 Å². The van der Waals surface area contributed by atoms with Gasteiger partial charge < -0.3 is 10.2 Å². The number of anilines is 1. The molecule has 0 aliphatic carbocycles. The minimum absolute atomic E-state index is 0. The van der Waals surface area contributed by atoms with Crippen molar-refractivity contribution in [2.45, 2.75) is 62.6 Å². The van der Waals surface area contributed by atoms with E-state index in [0.29, 0.717) is 11.3 Å². The molecule has 2 fully saturated rings. The van der Waals surface area contributed by atoms with Crippen LogP contribution in [0.1, 0.15) is 38.7 Å². The van der Waals surface area contributed by atoms with Crippen LogP contribution in [0.15, 0.2) is 23.1 Å². The SMILES string of the molecule is CC(=O)N1c2ccc(S(=O)(=O)N3C4CCNCC3CC4)cc2CC1C.Cl. The van der Waals surface area contributed by atoms with Gasteiger partial charge in [0.1, 0.15) is 0 Å². The Morgan fingerprint density at radius 3 is 2.65 bits per heavy atom. The first-order valence-corrected chi connectivity index (χ1v) is 10.5. The van der Waals surface area contributed by atoms with Crippen molar-refractivity contribution in [3.05, 3.63) is 23.8 Å². The highest BCUT2D eigenvalue weighted by Crippen LogP contribution is 2.37. The van der Waals surface area contributed by atoms with Crippen LogP contribution in [-0.2, 0) is 21.2 Å². The van der Waals surface area contributed by atoms with Gasteiger partial charge in [-0.1, -0.05) is 0 Å². The molecule has 3 atom stereocenters. The Kier molecular flexibility index (Phi) is 5.36. The van der Waals surface area contributed by atoms with Crippen molar-refractivity contribution >= 4 is 34.0 Å². The third-order valence-electron chi connectivity index (χ3n) is 5.77. The summed E-state index contributed by atoms with van der Waals surface area (Å²) in [7, 11) is -3.51. The van der Waals surface area contributed by atoms with Gasteiger partial charge in [-0.2, -0.15) is 4.31 Å². The Morgan fingerprint density at radius 1 is 1.19 bits per heavy atom. The van der Waals surface area contributed by atoms with Crippen LogP contribution in [0.4, 0.5) is 5.69 Å². The Hall–Kier alpha value is -1.15. The Labute approximate surface area is 161 Å². The van der Waals surface area contributed by atoms with Crippen LogP contribution in [0.2, 0.25) is 0 Å². The van der Waals surface area contributed by atoms with Gasteiger partial charge in [-0.15, -0.1) is 12.4 Å². The predicted octanol–water partition coefficient (Wildman–Crippen LogP) is 1.92. The number of amides is 1. The maximum Gasteiger partial charge on any atom is 0.243 e. The van der Waals surface area contributed by atoms with Gasteiger partial charge in [0.05, 0.1) is 4.90 Å². The molecule has 3 heterocycles. The summed E-state index contributed by atoms with van der Waals surface area (Å²) in [5, 5.41) is 3.35. The standard InChI is InChI=1S/C18H25N3O3S.ClH/c1-12-9-14-10-17(5-6-18(14)20(12)13(2)22)25(23,24)21-15-3-4-16(21)11-19-8-7-15;/h5-6,10,12,15-16,19H,3-4,7-9,11H2,1-2H3;1H. The molecule has 3 unspecified atom stereocenters. The molecule has 0 aromatic heterocycles. The monoisotopic (exact) mass is 399 g/mol. The Morgan fingerprint density at radius 2 is 1.92 bits per heavy atom. The van der Waals surface area contributed by atoms with E-state index < -0.39 is 10.0 Å². The molecule has 3 aliphatic rings. The second-order valence-corrected chi connectivity index (χ2v) is 9.29. The van der Waals surface area contributed by atoms with E-state index >= 15 is 0 Å². The first-order valence-electron chi connectivity index (χ1n) is 9.06. The molecule has 26 heavy (non-hydrogen) atoms. The van der Waals surface area contributed by atoms with Crippen LogP contribution in [0.25, 0.3) is 0 Å². The van der Waals surface area contributed by atoms with E-state index in [1.54, 1.807) is 34.3 Å². The lowest BCUT2D eigenvalue weighted by Crippen LogP contribution is -2.42. The Bertz CT molecular complexity index is 800. The van der Waals surface area contributed by atoms with E-state index in [1.807, 2.05) is 6.92 Å². The van der Waals surface area contributed by atoms with Crippen LogP contribution >= 0.6 is 12.4 Å². The second-order valence-electron chi connectivity index (χ2n) is 7.45. The van der Waals surface area contributed by atoms with Gasteiger partial charge in [0.25, 0.3) is 0 Å². The van der Waals surface area contributed by atoms with Crippen LogP contribution in [-0.4, -0.2) is 49.8 Å². The number of rotatable bonds is 2. The molecule has 1 aromatic rings. The van der Waals surface area contributed by atoms with E-state index in [-0.39, 0.29) is 36.4 Å². The number of carbonyl (C=O) groups is 1. The summed E-state index contributed by atoms with van der Waals surface area (Å²) in [5.41, 5.74) is 1.79. The van der Waals surface area contributed by atoms with Gasteiger partial charge in [0.2, 0.25) is 15.9 Å². The van der Waals surface area contributed by atoms with E-state index in [2.05, 4.69) is 5.32 Å². The van der Waals surface area contributed by atoms with Crippen molar-refractivity contribution in [2.24, 2.45) is 0 Å². The van der Waals surface area contributed by atoms with Gasteiger partial charge >= 0.3 is 0 Å². The molecule has 1 aromatic carbocycles. The maximum absolute atomic E-state index is 13.3. The molecule has 144 valence electrons. The van der Waals surface area contributed by atoms with Crippen molar-refractivity contribution < 1.29 is 13.2 Å². The second kappa shape index (κ2) is 7.11. The topological polar surface area (TPSA) is 69.7 Å².